The summed E-state index contributed by atoms with van der Waals surface area (Å²) in [7, 11) is 0. The molecule has 0 aromatic rings. The molecule has 0 aliphatic heterocycles. The van der Waals surface area contributed by atoms with Crippen LogP contribution in [0.1, 0.15) is 0 Å². The summed E-state index contributed by atoms with van der Waals surface area (Å²) in [5, 5.41) is 70.3. The predicted octanol–water partition coefficient (Wildman–Crippen LogP) is -0.668. The summed E-state index contributed by atoms with van der Waals surface area (Å²) in [5.74, 6) is 0. The van der Waals surface area contributed by atoms with Gasteiger partial charge in [-0.2, -0.15) is 0 Å². The third-order valence-corrected chi connectivity index (χ3v) is 4.31. The Bertz CT molecular complexity index is 581. The van der Waals surface area contributed by atoms with Crippen LogP contribution in [-0.2, 0) is 34.1 Å². The van der Waals surface area contributed by atoms with Gasteiger partial charge in [0, 0.05) is 34.1 Å². The molecule has 0 heterocycles. The van der Waals surface area contributed by atoms with Crippen molar-refractivity contribution in [1.82, 2.24) is 0 Å². The van der Waals surface area contributed by atoms with Crippen LogP contribution in [0.2, 0.25) is 0 Å². The Kier molecular flexibility index (Phi) is 20.4. The minimum atomic E-state index is -0.708. The maximum absolute atomic E-state index is 8.79. The number of allylic oxidation sites excluding steroid dienone is 8. The van der Waals surface area contributed by atoms with Crippen molar-refractivity contribution in [3.63, 3.8) is 0 Å². The Morgan fingerprint density at radius 1 is 0.235 bits per heavy atom. The molecule has 4 aliphatic carbocycles. The van der Waals surface area contributed by atoms with E-state index in [0.29, 0.717) is 0 Å². The van der Waals surface area contributed by atoms with Crippen LogP contribution < -0.4 is 0 Å². The van der Waals surface area contributed by atoms with Gasteiger partial charge >= 0.3 is 0 Å². The molecule has 0 saturated heterocycles. The fourth-order valence-corrected chi connectivity index (χ4v) is 2.33. The van der Waals surface area contributed by atoms with E-state index in [9.17, 15) is 0 Å². The smallest absolute Gasteiger partial charge is 0.102 e. The van der Waals surface area contributed by atoms with Crippen LogP contribution in [0.3, 0.4) is 0 Å². The minimum absolute atomic E-state index is 0. The average molecular weight is 560 g/mol. The van der Waals surface area contributed by atoms with E-state index in [2.05, 4.69) is 0 Å². The van der Waals surface area contributed by atoms with Gasteiger partial charge < -0.3 is 40.9 Å². The topological polar surface area (TPSA) is 162 Å². The number of hydrogen-bond acceptors (Lipinski definition) is 8. The van der Waals surface area contributed by atoms with Crippen molar-refractivity contribution < 1.29 is 75.0 Å². The first-order valence-corrected chi connectivity index (χ1v) is 10.1. The number of rotatable bonds is 0. The third kappa shape index (κ3) is 14.8. The van der Waals surface area contributed by atoms with Gasteiger partial charge in [-0.25, -0.2) is 0 Å². The summed E-state index contributed by atoms with van der Waals surface area (Å²) in [4.78, 5) is 0. The molecule has 8 atom stereocenters. The minimum Gasteiger partial charge on any atom is -0.386 e. The second kappa shape index (κ2) is 19.9. The molecule has 0 radical (unpaired) electrons. The van der Waals surface area contributed by atoms with Crippen molar-refractivity contribution >= 4 is 0 Å². The van der Waals surface area contributed by atoms with Crippen LogP contribution >= 0.6 is 0 Å². The molecule has 8 N–H and O–H groups in total. The summed E-state index contributed by atoms with van der Waals surface area (Å²) >= 11 is 0. The Morgan fingerprint density at radius 2 is 0.324 bits per heavy atom. The van der Waals surface area contributed by atoms with E-state index in [0.717, 1.165) is 0 Å². The fourth-order valence-electron chi connectivity index (χ4n) is 2.33. The van der Waals surface area contributed by atoms with Crippen molar-refractivity contribution in [2.45, 2.75) is 48.8 Å². The van der Waals surface area contributed by atoms with Crippen LogP contribution in [0.5, 0.6) is 0 Å². The number of aliphatic hydroxyl groups excluding tert-OH is 8. The van der Waals surface area contributed by atoms with E-state index < -0.39 is 48.8 Å². The summed E-state index contributed by atoms with van der Waals surface area (Å²) < 4.78 is 0. The Morgan fingerprint density at radius 3 is 0.382 bits per heavy atom. The Balaban J connectivity index is 0. The molecule has 0 bridgehead atoms. The molecule has 10 heteroatoms. The van der Waals surface area contributed by atoms with Gasteiger partial charge in [-0.15, -0.1) is 0 Å². The van der Waals surface area contributed by atoms with Gasteiger partial charge in [-0.05, 0) is 0 Å². The van der Waals surface area contributed by atoms with Gasteiger partial charge in [0.1, 0.15) is 48.8 Å². The van der Waals surface area contributed by atoms with Crippen molar-refractivity contribution in [2.24, 2.45) is 0 Å². The van der Waals surface area contributed by atoms with Gasteiger partial charge in [-0.1, -0.05) is 97.2 Å². The van der Waals surface area contributed by atoms with E-state index in [4.69, 9.17) is 40.9 Å². The molecular formula is C24H32Fe2O8. The molecule has 34 heavy (non-hydrogen) atoms. The zero-order valence-electron chi connectivity index (χ0n) is 18.1. The largest absolute Gasteiger partial charge is 0.386 e. The van der Waals surface area contributed by atoms with E-state index in [1.54, 1.807) is 97.2 Å². The Hall–Kier alpha value is -1.36. The molecular weight excluding hydrogens is 528 g/mol. The first-order valence-electron chi connectivity index (χ1n) is 10.1. The van der Waals surface area contributed by atoms with Crippen LogP contribution in [0.15, 0.2) is 97.2 Å². The van der Waals surface area contributed by atoms with E-state index in [1.165, 1.54) is 0 Å². The van der Waals surface area contributed by atoms with Crippen LogP contribution in [0.25, 0.3) is 0 Å². The molecule has 192 valence electrons. The normalized spacial score (nSPS) is 33.6. The van der Waals surface area contributed by atoms with E-state index in [-0.39, 0.29) is 34.1 Å². The van der Waals surface area contributed by atoms with Gasteiger partial charge in [0.25, 0.3) is 0 Å². The molecule has 5 unspecified atom stereocenters. The SMILES string of the molecule is OC1C=CC=CC1O.OC1C=CC=C[C@@H]1O.OC1C=CC=C[C@@H]1O.OC1C=CC=C[C@@H]1O.[Fe].[Fe]. The number of hydrogen-bond donors (Lipinski definition) is 8. The molecule has 0 spiro atoms. The second-order valence-electron chi connectivity index (χ2n) is 7.00. The zero-order chi connectivity index (χ0) is 23.9. The van der Waals surface area contributed by atoms with Crippen LogP contribution in [0.4, 0.5) is 0 Å². The monoisotopic (exact) mass is 560 g/mol. The second-order valence-corrected chi connectivity index (χ2v) is 7.00. The van der Waals surface area contributed by atoms with Crippen molar-refractivity contribution in [2.75, 3.05) is 0 Å². The maximum Gasteiger partial charge on any atom is 0.102 e. The van der Waals surface area contributed by atoms with Crippen LogP contribution in [0, 0.1) is 0 Å². The molecule has 8 nitrogen and oxygen atoms in total. The standard InChI is InChI=1S/4C6H8O2.2Fe/c4*7-5-3-1-2-4-6(5)8;;/h4*1-8H;;/t3*5-,6?;;;/m000.../s1. The molecule has 0 aromatic carbocycles. The van der Waals surface area contributed by atoms with E-state index >= 15 is 0 Å². The van der Waals surface area contributed by atoms with Crippen molar-refractivity contribution in [1.29, 1.82) is 0 Å². The first-order chi connectivity index (χ1) is 15.2. The summed E-state index contributed by atoms with van der Waals surface area (Å²) in [5.41, 5.74) is 0. The Labute approximate surface area is 220 Å². The molecule has 0 aromatic heterocycles. The number of aliphatic hydroxyl groups is 8. The maximum atomic E-state index is 8.79. The molecule has 0 saturated carbocycles. The zero-order valence-corrected chi connectivity index (χ0v) is 20.3. The van der Waals surface area contributed by atoms with Gasteiger partial charge in [0.15, 0.2) is 0 Å². The van der Waals surface area contributed by atoms with Crippen LogP contribution in [-0.4, -0.2) is 89.7 Å². The quantitative estimate of drug-likeness (QED) is 0.181. The third-order valence-electron chi connectivity index (χ3n) is 4.31. The van der Waals surface area contributed by atoms with Gasteiger partial charge in [0.05, 0.1) is 0 Å². The van der Waals surface area contributed by atoms with Gasteiger partial charge in [0.2, 0.25) is 0 Å². The average Bonchev–Trinajstić information content (AvgIpc) is 2.78. The summed E-state index contributed by atoms with van der Waals surface area (Å²) in [6.45, 7) is 0. The van der Waals surface area contributed by atoms with Crippen molar-refractivity contribution in [3.05, 3.63) is 97.2 Å². The summed E-state index contributed by atoms with van der Waals surface area (Å²) in [6, 6.07) is 0. The molecule has 0 amide bonds. The van der Waals surface area contributed by atoms with E-state index in [1.807, 2.05) is 0 Å². The first kappa shape index (κ1) is 34.8. The molecule has 0 fully saturated rings. The predicted molar refractivity (Wildman–Crippen MR) is 121 cm³/mol. The van der Waals surface area contributed by atoms with Crippen molar-refractivity contribution in [3.8, 4) is 0 Å². The van der Waals surface area contributed by atoms with Gasteiger partial charge in [-0.3, -0.25) is 0 Å². The summed E-state index contributed by atoms with van der Waals surface area (Å²) in [6.07, 6.45) is 20.3. The molecule has 4 aliphatic rings. The molecule has 4 rings (SSSR count). The fraction of sp³-hybridized carbons (Fsp3) is 0.333.